The molecule has 3 nitrogen and oxygen atoms in total. The fraction of sp³-hybridized carbons (Fsp3) is 0.500. The molecule has 0 radical (unpaired) electrons. The smallest absolute Gasteiger partial charge is 0.227 e. The number of amides is 1. The molecule has 2 rings (SSSR count). The number of carbonyl (C=O) groups is 1. The molecule has 1 aliphatic rings. The highest BCUT2D eigenvalue weighted by atomic mass is 19.1. The van der Waals surface area contributed by atoms with Crippen molar-refractivity contribution in [3.8, 4) is 0 Å². The molecule has 0 aliphatic carbocycles. The van der Waals surface area contributed by atoms with Gasteiger partial charge >= 0.3 is 0 Å². The molecule has 0 unspecified atom stereocenters. The summed E-state index contributed by atoms with van der Waals surface area (Å²) in [5, 5.41) is 3.22. The van der Waals surface area contributed by atoms with Crippen molar-refractivity contribution in [3.05, 3.63) is 35.6 Å². The summed E-state index contributed by atoms with van der Waals surface area (Å²) in [4.78, 5) is 13.8. The highest BCUT2D eigenvalue weighted by molar-refractivity contribution is 5.78. The lowest BCUT2D eigenvalue weighted by Crippen LogP contribution is -2.41. The predicted octanol–water partition coefficient (Wildman–Crippen LogP) is 1.78. The minimum atomic E-state index is -0.251. The molecular formula is C14H19FN2O. The largest absolute Gasteiger partial charge is 0.341 e. The molecule has 1 heterocycles. The first-order chi connectivity index (χ1) is 8.68. The second kappa shape index (κ2) is 5.96. The van der Waals surface area contributed by atoms with E-state index in [0.717, 1.165) is 25.9 Å². The second-order valence-corrected chi connectivity index (χ2v) is 4.83. The van der Waals surface area contributed by atoms with Crippen molar-refractivity contribution in [2.45, 2.75) is 19.4 Å². The van der Waals surface area contributed by atoms with Crippen molar-refractivity contribution in [2.24, 2.45) is 5.92 Å². The van der Waals surface area contributed by atoms with E-state index in [2.05, 4.69) is 5.32 Å². The molecule has 1 atom stereocenters. The van der Waals surface area contributed by atoms with E-state index in [1.54, 1.807) is 30.1 Å². The number of rotatable bonds is 3. The number of benzene rings is 1. The Hall–Kier alpha value is -1.42. The van der Waals surface area contributed by atoms with Crippen LogP contribution in [0.2, 0.25) is 0 Å². The van der Waals surface area contributed by atoms with Crippen molar-refractivity contribution in [3.63, 3.8) is 0 Å². The summed E-state index contributed by atoms with van der Waals surface area (Å²) in [6.45, 7) is 2.06. The Bertz CT molecular complexity index is 416. The van der Waals surface area contributed by atoms with Crippen LogP contribution < -0.4 is 5.32 Å². The summed E-state index contributed by atoms with van der Waals surface area (Å²) in [6.07, 6.45) is 1.96. The van der Waals surface area contributed by atoms with Crippen molar-refractivity contribution < 1.29 is 9.18 Å². The first-order valence-electron chi connectivity index (χ1n) is 6.37. The van der Waals surface area contributed by atoms with E-state index in [0.29, 0.717) is 12.1 Å². The Balaban J connectivity index is 1.96. The summed E-state index contributed by atoms with van der Waals surface area (Å²) in [5.74, 6) is -0.111. The maximum Gasteiger partial charge on any atom is 0.227 e. The average Bonchev–Trinajstić information content (AvgIpc) is 2.41. The zero-order valence-corrected chi connectivity index (χ0v) is 10.7. The van der Waals surface area contributed by atoms with Crippen molar-refractivity contribution in [2.75, 3.05) is 20.1 Å². The molecule has 4 heteroatoms. The topological polar surface area (TPSA) is 32.3 Å². The third-order valence-electron chi connectivity index (χ3n) is 3.39. The fourth-order valence-electron chi connectivity index (χ4n) is 2.33. The number of carbonyl (C=O) groups excluding carboxylic acids is 1. The maximum atomic E-state index is 13.5. The molecule has 0 bridgehead atoms. The Labute approximate surface area is 107 Å². The molecule has 0 saturated carbocycles. The lowest BCUT2D eigenvalue weighted by molar-refractivity contribution is -0.135. The highest BCUT2D eigenvalue weighted by Gasteiger charge is 2.24. The normalized spacial score (nSPS) is 19.6. The van der Waals surface area contributed by atoms with Gasteiger partial charge in [0.05, 0.1) is 5.92 Å². The van der Waals surface area contributed by atoms with Gasteiger partial charge in [-0.1, -0.05) is 18.2 Å². The van der Waals surface area contributed by atoms with E-state index in [4.69, 9.17) is 0 Å². The van der Waals surface area contributed by atoms with E-state index >= 15 is 0 Å². The molecule has 18 heavy (non-hydrogen) atoms. The SMILES string of the molecule is CN(Cc1ccccc1F)C(=O)[C@@H]1CCCNC1. The Morgan fingerprint density at radius 3 is 2.94 bits per heavy atom. The van der Waals surface area contributed by atoms with Gasteiger partial charge in [0.15, 0.2) is 0 Å². The molecule has 1 aromatic carbocycles. The summed E-state index contributed by atoms with van der Waals surface area (Å²) in [7, 11) is 1.74. The fourth-order valence-corrected chi connectivity index (χ4v) is 2.33. The van der Waals surface area contributed by atoms with Crippen molar-refractivity contribution in [1.82, 2.24) is 10.2 Å². The lowest BCUT2D eigenvalue weighted by atomic mass is 9.98. The summed E-state index contributed by atoms with van der Waals surface area (Å²) in [6, 6.07) is 6.60. The van der Waals surface area contributed by atoms with Crippen LogP contribution in [0.3, 0.4) is 0 Å². The Morgan fingerprint density at radius 1 is 1.50 bits per heavy atom. The molecule has 0 aromatic heterocycles. The van der Waals surface area contributed by atoms with Crippen LogP contribution in [0.4, 0.5) is 4.39 Å². The van der Waals surface area contributed by atoms with Crippen molar-refractivity contribution in [1.29, 1.82) is 0 Å². The minimum Gasteiger partial charge on any atom is -0.341 e. The van der Waals surface area contributed by atoms with Gasteiger partial charge in [0.1, 0.15) is 5.82 Å². The standard InChI is InChI=1S/C14H19FN2O/c1-17(10-12-5-2-3-7-13(12)15)14(18)11-6-4-8-16-9-11/h2-3,5,7,11,16H,4,6,8-10H2,1H3/t11-/m1/s1. The predicted molar refractivity (Wildman–Crippen MR) is 68.5 cm³/mol. The quantitative estimate of drug-likeness (QED) is 0.887. The number of nitrogens with zero attached hydrogens (tertiary/aromatic N) is 1. The molecule has 1 N–H and O–H groups in total. The number of hydrogen-bond acceptors (Lipinski definition) is 2. The van der Waals surface area contributed by atoms with E-state index in [-0.39, 0.29) is 17.6 Å². The maximum absolute atomic E-state index is 13.5. The highest BCUT2D eigenvalue weighted by Crippen LogP contribution is 2.15. The van der Waals surface area contributed by atoms with Gasteiger partial charge in [-0.05, 0) is 25.5 Å². The Kier molecular flexibility index (Phi) is 4.31. The third kappa shape index (κ3) is 3.07. The zero-order chi connectivity index (χ0) is 13.0. The molecule has 1 fully saturated rings. The lowest BCUT2D eigenvalue weighted by Gasteiger charge is -2.27. The Morgan fingerprint density at radius 2 is 2.28 bits per heavy atom. The minimum absolute atomic E-state index is 0.0375. The zero-order valence-electron chi connectivity index (χ0n) is 10.7. The van der Waals surface area contributed by atoms with Crippen LogP contribution >= 0.6 is 0 Å². The van der Waals surface area contributed by atoms with E-state index in [1.807, 2.05) is 0 Å². The number of nitrogens with one attached hydrogen (secondary N) is 1. The molecular weight excluding hydrogens is 231 g/mol. The van der Waals surface area contributed by atoms with Gasteiger partial charge in [0.25, 0.3) is 0 Å². The summed E-state index contributed by atoms with van der Waals surface area (Å²) in [5.41, 5.74) is 0.567. The van der Waals surface area contributed by atoms with Gasteiger partial charge in [-0.3, -0.25) is 4.79 Å². The van der Waals surface area contributed by atoms with E-state index in [1.165, 1.54) is 6.07 Å². The van der Waals surface area contributed by atoms with Gasteiger partial charge in [0, 0.05) is 25.7 Å². The van der Waals surface area contributed by atoms with Gasteiger partial charge < -0.3 is 10.2 Å². The molecule has 1 amide bonds. The van der Waals surface area contributed by atoms with Gasteiger partial charge in [-0.25, -0.2) is 4.39 Å². The second-order valence-electron chi connectivity index (χ2n) is 4.83. The number of halogens is 1. The van der Waals surface area contributed by atoms with Crippen LogP contribution in [0.25, 0.3) is 0 Å². The molecule has 1 aromatic rings. The summed E-state index contributed by atoms with van der Waals surface area (Å²) >= 11 is 0. The molecule has 1 saturated heterocycles. The monoisotopic (exact) mass is 250 g/mol. The summed E-state index contributed by atoms with van der Waals surface area (Å²) < 4.78 is 13.5. The van der Waals surface area contributed by atoms with Crippen LogP contribution in [-0.4, -0.2) is 30.9 Å². The van der Waals surface area contributed by atoms with Gasteiger partial charge in [-0.15, -0.1) is 0 Å². The molecule has 98 valence electrons. The molecule has 0 spiro atoms. The first-order valence-corrected chi connectivity index (χ1v) is 6.37. The average molecular weight is 250 g/mol. The van der Waals surface area contributed by atoms with Gasteiger partial charge in [0.2, 0.25) is 5.91 Å². The van der Waals surface area contributed by atoms with Crippen LogP contribution in [-0.2, 0) is 11.3 Å². The van der Waals surface area contributed by atoms with Crippen LogP contribution in [0.15, 0.2) is 24.3 Å². The number of piperidine rings is 1. The van der Waals surface area contributed by atoms with Crippen molar-refractivity contribution >= 4 is 5.91 Å². The van der Waals surface area contributed by atoms with Crippen LogP contribution in [0.5, 0.6) is 0 Å². The van der Waals surface area contributed by atoms with Crippen LogP contribution in [0.1, 0.15) is 18.4 Å². The van der Waals surface area contributed by atoms with E-state index < -0.39 is 0 Å². The molecule has 1 aliphatic heterocycles. The third-order valence-corrected chi connectivity index (χ3v) is 3.39. The number of hydrogen-bond donors (Lipinski definition) is 1. The van der Waals surface area contributed by atoms with E-state index in [9.17, 15) is 9.18 Å². The van der Waals surface area contributed by atoms with Crippen LogP contribution in [0, 0.1) is 11.7 Å². The first kappa shape index (κ1) is 13.0. The van der Waals surface area contributed by atoms with Gasteiger partial charge in [-0.2, -0.15) is 0 Å².